The van der Waals surface area contributed by atoms with Gasteiger partial charge in [-0.15, -0.1) is 6.42 Å². The van der Waals surface area contributed by atoms with Gasteiger partial charge in [0.2, 0.25) is 0 Å². The van der Waals surface area contributed by atoms with E-state index in [9.17, 15) is 4.79 Å². The van der Waals surface area contributed by atoms with Crippen molar-refractivity contribution in [3.63, 3.8) is 0 Å². The number of hydrogen-bond acceptors (Lipinski definition) is 2. The first-order chi connectivity index (χ1) is 4.33. The highest BCUT2D eigenvalue weighted by Gasteiger charge is 2.09. The van der Waals surface area contributed by atoms with E-state index in [1.54, 1.807) is 6.08 Å². The number of rotatable bonds is 0. The number of terminal acetylenes is 1. The van der Waals surface area contributed by atoms with Crippen LogP contribution in [0.1, 0.15) is 12.8 Å². The maximum Gasteiger partial charge on any atom is 0.312 e. The van der Waals surface area contributed by atoms with Crippen LogP contribution in [0.5, 0.6) is 0 Å². The molecule has 1 heterocycles. The predicted octanol–water partition coefficient (Wildman–Crippen LogP) is 0.841. The summed E-state index contributed by atoms with van der Waals surface area (Å²) in [5, 5.41) is 0. The predicted molar refractivity (Wildman–Crippen MR) is 32.2 cm³/mol. The van der Waals surface area contributed by atoms with Crippen molar-refractivity contribution < 1.29 is 9.53 Å². The second-order valence-corrected chi connectivity index (χ2v) is 1.73. The normalized spacial score (nSPS) is 17.7. The van der Waals surface area contributed by atoms with Crippen molar-refractivity contribution in [1.29, 1.82) is 0 Å². The summed E-state index contributed by atoms with van der Waals surface area (Å²) in [5.41, 5.74) is 0. The van der Waals surface area contributed by atoms with Crippen LogP contribution in [0.25, 0.3) is 0 Å². The first kappa shape index (κ1) is 5.90. The lowest BCUT2D eigenvalue weighted by atomic mass is 10.2. The van der Waals surface area contributed by atoms with Gasteiger partial charge >= 0.3 is 5.97 Å². The van der Waals surface area contributed by atoms with Crippen molar-refractivity contribution in [3.05, 3.63) is 11.8 Å². The number of carbonyl (C=O) groups excluding carboxylic acids is 1. The van der Waals surface area contributed by atoms with E-state index in [0.29, 0.717) is 18.6 Å². The van der Waals surface area contributed by atoms with Crippen LogP contribution >= 0.6 is 0 Å². The third-order valence-electron chi connectivity index (χ3n) is 1.04. The molecule has 9 heavy (non-hydrogen) atoms. The third-order valence-corrected chi connectivity index (χ3v) is 1.04. The highest BCUT2D eigenvalue weighted by atomic mass is 16.5. The molecule has 2 nitrogen and oxygen atoms in total. The van der Waals surface area contributed by atoms with Gasteiger partial charge in [-0.3, -0.25) is 4.79 Å². The minimum Gasteiger partial charge on any atom is -0.418 e. The fourth-order valence-electron chi connectivity index (χ4n) is 0.625. The molecule has 1 rings (SSSR count). The summed E-state index contributed by atoms with van der Waals surface area (Å²) in [6, 6.07) is 0. The summed E-state index contributed by atoms with van der Waals surface area (Å²) in [6.45, 7) is 0. The van der Waals surface area contributed by atoms with E-state index in [4.69, 9.17) is 6.42 Å². The van der Waals surface area contributed by atoms with Crippen molar-refractivity contribution in [3.8, 4) is 12.3 Å². The van der Waals surface area contributed by atoms with E-state index < -0.39 is 0 Å². The van der Waals surface area contributed by atoms with Gasteiger partial charge < -0.3 is 4.74 Å². The molecule has 0 atom stereocenters. The van der Waals surface area contributed by atoms with Crippen molar-refractivity contribution >= 4 is 5.97 Å². The smallest absolute Gasteiger partial charge is 0.312 e. The number of esters is 1. The molecule has 1 aliphatic heterocycles. The van der Waals surface area contributed by atoms with Crippen LogP contribution in [0.2, 0.25) is 0 Å². The molecule has 0 aromatic heterocycles. The second kappa shape index (κ2) is 2.36. The molecule has 46 valence electrons. The first-order valence-electron chi connectivity index (χ1n) is 2.70. The van der Waals surface area contributed by atoms with Gasteiger partial charge in [0.1, 0.15) is 0 Å². The number of ether oxygens (including phenoxy) is 1. The Kier molecular flexibility index (Phi) is 1.55. The molecule has 0 amide bonds. The molecule has 0 bridgehead atoms. The van der Waals surface area contributed by atoms with Gasteiger partial charge in [0.15, 0.2) is 5.76 Å². The summed E-state index contributed by atoms with van der Waals surface area (Å²) in [5.74, 6) is 2.37. The Morgan fingerprint density at radius 2 is 2.56 bits per heavy atom. The van der Waals surface area contributed by atoms with Crippen molar-refractivity contribution in [2.75, 3.05) is 0 Å². The SMILES string of the molecule is C#CC1=CCCC(=O)O1. The van der Waals surface area contributed by atoms with Crippen LogP contribution < -0.4 is 0 Å². The molecule has 0 N–H and O–H groups in total. The maximum absolute atomic E-state index is 10.5. The largest absolute Gasteiger partial charge is 0.418 e. The Labute approximate surface area is 53.5 Å². The molecule has 2 heteroatoms. The number of carbonyl (C=O) groups is 1. The van der Waals surface area contributed by atoms with E-state index in [2.05, 4.69) is 10.7 Å². The van der Waals surface area contributed by atoms with E-state index in [0.717, 1.165) is 0 Å². The van der Waals surface area contributed by atoms with Crippen molar-refractivity contribution in [1.82, 2.24) is 0 Å². The van der Waals surface area contributed by atoms with Gasteiger partial charge in [-0.05, 0) is 18.4 Å². The van der Waals surface area contributed by atoms with Crippen molar-refractivity contribution in [2.45, 2.75) is 12.8 Å². The van der Waals surface area contributed by atoms with Gasteiger partial charge in [-0.2, -0.15) is 0 Å². The quantitative estimate of drug-likeness (QED) is 0.351. The molecule has 0 fully saturated rings. The third kappa shape index (κ3) is 1.33. The van der Waals surface area contributed by atoms with Gasteiger partial charge in [-0.1, -0.05) is 0 Å². The Bertz CT molecular complexity index is 195. The van der Waals surface area contributed by atoms with Crippen LogP contribution in [-0.2, 0) is 9.53 Å². The van der Waals surface area contributed by atoms with E-state index >= 15 is 0 Å². The molecule has 0 radical (unpaired) electrons. The zero-order valence-electron chi connectivity index (χ0n) is 4.89. The Morgan fingerprint density at radius 1 is 1.78 bits per heavy atom. The van der Waals surface area contributed by atoms with Crippen molar-refractivity contribution in [2.24, 2.45) is 0 Å². The summed E-state index contributed by atoms with van der Waals surface area (Å²) < 4.78 is 4.62. The lowest BCUT2D eigenvalue weighted by molar-refractivity contribution is -0.139. The average Bonchev–Trinajstić information content (AvgIpc) is 1.88. The standard InChI is InChI=1S/C7H6O2/c1-2-6-4-3-5-7(8)9-6/h1,4H,3,5H2. The Balaban J connectivity index is 2.67. The number of cyclic esters (lactones) is 1. The molecular formula is C7H6O2. The van der Waals surface area contributed by atoms with Crippen LogP contribution in [0.3, 0.4) is 0 Å². The molecule has 0 aromatic carbocycles. The van der Waals surface area contributed by atoms with Gasteiger partial charge in [-0.25, -0.2) is 0 Å². The lowest BCUT2D eigenvalue weighted by Gasteiger charge is -2.06. The van der Waals surface area contributed by atoms with Crippen LogP contribution in [0.4, 0.5) is 0 Å². The zero-order chi connectivity index (χ0) is 6.69. The molecule has 0 aliphatic carbocycles. The van der Waals surface area contributed by atoms with E-state index in [1.807, 2.05) is 0 Å². The summed E-state index contributed by atoms with van der Waals surface area (Å²) in [7, 11) is 0. The van der Waals surface area contributed by atoms with Gasteiger partial charge in [0, 0.05) is 6.42 Å². The highest BCUT2D eigenvalue weighted by Crippen LogP contribution is 2.09. The fourth-order valence-corrected chi connectivity index (χ4v) is 0.625. The number of allylic oxidation sites excluding steroid dienone is 2. The Morgan fingerprint density at radius 3 is 3.00 bits per heavy atom. The first-order valence-corrected chi connectivity index (χ1v) is 2.70. The molecule has 0 saturated carbocycles. The molecular weight excluding hydrogens is 116 g/mol. The minimum atomic E-state index is -0.231. The Hall–Kier alpha value is -1.23. The maximum atomic E-state index is 10.5. The molecule has 0 spiro atoms. The van der Waals surface area contributed by atoms with E-state index in [-0.39, 0.29) is 5.97 Å². The fraction of sp³-hybridized carbons (Fsp3) is 0.286. The van der Waals surface area contributed by atoms with Gasteiger partial charge in [0.05, 0.1) is 0 Å². The van der Waals surface area contributed by atoms with Crippen LogP contribution in [0.15, 0.2) is 11.8 Å². The number of hydrogen-bond donors (Lipinski definition) is 0. The summed E-state index contributed by atoms with van der Waals surface area (Å²) >= 11 is 0. The molecule has 1 aliphatic rings. The minimum absolute atomic E-state index is 0.231. The monoisotopic (exact) mass is 122 g/mol. The van der Waals surface area contributed by atoms with E-state index in [1.165, 1.54) is 0 Å². The van der Waals surface area contributed by atoms with Gasteiger partial charge in [0.25, 0.3) is 0 Å². The molecule has 0 aromatic rings. The van der Waals surface area contributed by atoms with Crippen LogP contribution in [0, 0.1) is 12.3 Å². The summed E-state index contributed by atoms with van der Waals surface area (Å²) in [6.07, 6.45) is 7.86. The lowest BCUT2D eigenvalue weighted by Crippen LogP contribution is -2.07. The molecule has 0 saturated heterocycles. The second-order valence-electron chi connectivity index (χ2n) is 1.73. The summed E-state index contributed by atoms with van der Waals surface area (Å²) in [4.78, 5) is 10.5. The highest BCUT2D eigenvalue weighted by molar-refractivity contribution is 5.72. The molecule has 0 unspecified atom stereocenters. The topological polar surface area (TPSA) is 26.3 Å². The zero-order valence-corrected chi connectivity index (χ0v) is 4.89. The van der Waals surface area contributed by atoms with Crippen LogP contribution in [-0.4, -0.2) is 5.97 Å². The average molecular weight is 122 g/mol.